The van der Waals surface area contributed by atoms with E-state index in [1.54, 1.807) is 19.2 Å². The molecule has 0 radical (unpaired) electrons. The van der Waals surface area contributed by atoms with Crippen molar-refractivity contribution in [3.8, 4) is 17.2 Å². The van der Waals surface area contributed by atoms with E-state index in [4.69, 9.17) is 20.8 Å². The van der Waals surface area contributed by atoms with Crippen molar-refractivity contribution in [1.29, 1.82) is 0 Å². The molecule has 6 nitrogen and oxygen atoms in total. The molecule has 0 aliphatic heterocycles. The van der Waals surface area contributed by atoms with Crippen molar-refractivity contribution < 1.29 is 13.9 Å². The van der Waals surface area contributed by atoms with Crippen LogP contribution in [0.2, 0.25) is 5.02 Å². The van der Waals surface area contributed by atoms with Crippen molar-refractivity contribution in [3.05, 3.63) is 58.9 Å². The number of aromatic nitrogens is 2. The molecular formula is C19H18ClN3O3. The molecule has 0 fully saturated rings. The van der Waals surface area contributed by atoms with E-state index < -0.39 is 0 Å². The predicted octanol–water partition coefficient (Wildman–Crippen LogP) is 4.28. The molecule has 3 aromatic rings. The summed E-state index contributed by atoms with van der Waals surface area (Å²) in [6.45, 7) is 1.86. The highest BCUT2D eigenvalue weighted by Gasteiger charge is 2.12. The molecule has 2 aromatic carbocycles. The second-order valence-corrected chi connectivity index (χ2v) is 6.10. The number of ether oxygens (including phenoxy) is 1. The van der Waals surface area contributed by atoms with Crippen molar-refractivity contribution in [3.63, 3.8) is 0 Å². The third-order valence-corrected chi connectivity index (χ3v) is 4.30. The Balaban J connectivity index is 1.61. The minimum absolute atomic E-state index is 0.142. The van der Waals surface area contributed by atoms with Gasteiger partial charge in [-0.1, -0.05) is 23.7 Å². The first kappa shape index (κ1) is 17.9. The number of rotatable bonds is 6. The molecule has 7 heteroatoms. The van der Waals surface area contributed by atoms with E-state index in [1.165, 1.54) is 0 Å². The van der Waals surface area contributed by atoms with Gasteiger partial charge >= 0.3 is 0 Å². The first-order valence-electron chi connectivity index (χ1n) is 8.08. The summed E-state index contributed by atoms with van der Waals surface area (Å²) in [6, 6.07) is 12.7. The Morgan fingerprint density at radius 3 is 2.85 bits per heavy atom. The third kappa shape index (κ3) is 4.21. The van der Waals surface area contributed by atoms with Crippen LogP contribution in [0.3, 0.4) is 0 Å². The zero-order valence-electron chi connectivity index (χ0n) is 14.5. The number of nitrogens with zero attached hydrogens (tertiary/aromatic N) is 2. The van der Waals surface area contributed by atoms with Crippen LogP contribution in [0.1, 0.15) is 17.9 Å². The van der Waals surface area contributed by atoms with Crippen LogP contribution in [-0.4, -0.2) is 23.2 Å². The van der Waals surface area contributed by atoms with Crippen LogP contribution in [0.4, 0.5) is 5.69 Å². The first-order chi connectivity index (χ1) is 12.6. The highest BCUT2D eigenvalue weighted by Crippen LogP contribution is 2.24. The van der Waals surface area contributed by atoms with Gasteiger partial charge in [-0.15, -0.1) is 10.2 Å². The molecule has 134 valence electrons. The number of hydrogen-bond acceptors (Lipinski definition) is 5. The standard InChI is InChI=1S/C19H18ClN3O3/c1-12-15(20)7-4-8-16(12)21-17(24)9-10-18-22-23-19(26-18)13-5-3-6-14(11-13)25-2/h3-8,11H,9-10H2,1-2H3,(H,21,24). The molecule has 0 bridgehead atoms. The topological polar surface area (TPSA) is 77.2 Å². The van der Waals surface area contributed by atoms with E-state index in [1.807, 2.05) is 37.3 Å². The van der Waals surface area contributed by atoms with Gasteiger partial charge < -0.3 is 14.5 Å². The Hall–Kier alpha value is -2.86. The fraction of sp³-hybridized carbons (Fsp3) is 0.211. The van der Waals surface area contributed by atoms with E-state index in [0.29, 0.717) is 34.7 Å². The maximum Gasteiger partial charge on any atom is 0.247 e. The zero-order valence-corrected chi connectivity index (χ0v) is 15.2. The van der Waals surface area contributed by atoms with Crippen LogP contribution in [0.15, 0.2) is 46.9 Å². The monoisotopic (exact) mass is 371 g/mol. The van der Waals surface area contributed by atoms with E-state index in [2.05, 4.69) is 15.5 Å². The second-order valence-electron chi connectivity index (χ2n) is 5.69. The molecule has 26 heavy (non-hydrogen) atoms. The fourth-order valence-corrected chi connectivity index (χ4v) is 2.58. The number of halogens is 1. The molecule has 0 spiro atoms. The molecule has 1 amide bonds. The summed E-state index contributed by atoms with van der Waals surface area (Å²) in [7, 11) is 1.60. The lowest BCUT2D eigenvalue weighted by Gasteiger charge is -2.08. The maximum absolute atomic E-state index is 12.1. The van der Waals surface area contributed by atoms with Crippen LogP contribution in [0.25, 0.3) is 11.5 Å². The van der Waals surface area contributed by atoms with Gasteiger partial charge in [0.15, 0.2) is 0 Å². The van der Waals surface area contributed by atoms with Crippen molar-refractivity contribution in [2.75, 3.05) is 12.4 Å². The van der Waals surface area contributed by atoms with Gasteiger partial charge in [0.2, 0.25) is 17.7 Å². The molecule has 1 heterocycles. The SMILES string of the molecule is COc1cccc(-c2nnc(CCC(=O)Nc3cccc(Cl)c3C)o2)c1. The Bertz CT molecular complexity index is 924. The van der Waals surface area contributed by atoms with Crippen molar-refractivity contribution in [2.45, 2.75) is 19.8 Å². The third-order valence-electron chi connectivity index (χ3n) is 3.89. The minimum Gasteiger partial charge on any atom is -0.497 e. The number of carbonyl (C=O) groups excluding carboxylic acids is 1. The summed E-state index contributed by atoms with van der Waals surface area (Å²) in [5.74, 6) is 1.36. The second kappa shape index (κ2) is 8.01. The van der Waals surface area contributed by atoms with Crippen molar-refractivity contribution >= 4 is 23.2 Å². The van der Waals surface area contributed by atoms with E-state index in [0.717, 1.165) is 11.1 Å². The molecule has 0 saturated carbocycles. The van der Waals surface area contributed by atoms with Crippen LogP contribution >= 0.6 is 11.6 Å². The lowest BCUT2D eigenvalue weighted by Crippen LogP contribution is -2.13. The molecule has 0 aliphatic carbocycles. The number of nitrogens with one attached hydrogen (secondary N) is 1. The highest BCUT2D eigenvalue weighted by atomic mass is 35.5. The number of hydrogen-bond donors (Lipinski definition) is 1. The average molecular weight is 372 g/mol. The lowest BCUT2D eigenvalue weighted by molar-refractivity contribution is -0.116. The number of methoxy groups -OCH3 is 1. The molecule has 1 aromatic heterocycles. The van der Waals surface area contributed by atoms with Crippen molar-refractivity contribution in [1.82, 2.24) is 10.2 Å². The molecule has 1 N–H and O–H groups in total. The minimum atomic E-state index is -0.142. The lowest BCUT2D eigenvalue weighted by atomic mass is 10.2. The van der Waals surface area contributed by atoms with Gasteiger partial charge in [0.25, 0.3) is 0 Å². The molecule has 0 unspecified atom stereocenters. The van der Waals surface area contributed by atoms with Gasteiger partial charge in [0.05, 0.1) is 7.11 Å². The molecule has 0 saturated heterocycles. The summed E-state index contributed by atoms with van der Waals surface area (Å²) in [5.41, 5.74) is 2.30. The number of carbonyl (C=O) groups is 1. The number of amides is 1. The van der Waals surface area contributed by atoms with E-state index >= 15 is 0 Å². The van der Waals surface area contributed by atoms with Crippen LogP contribution in [-0.2, 0) is 11.2 Å². The summed E-state index contributed by atoms with van der Waals surface area (Å²) >= 11 is 6.06. The molecule has 0 atom stereocenters. The molecule has 0 aliphatic rings. The predicted molar refractivity (Wildman–Crippen MR) is 99.4 cm³/mol. The summed E-state index contributed by atoms with van der Waals surface area (Å²) in [5, 5.41) is 11.5. The summed E-state index contributed by atoms with van der Waals surface area (Å²) in [6.07, 6.45) is 0.577. The van der Waals surface area contributed by atoms with Gasteiger partial charge in [-0.2, -0.15) is 0 Å². The maximum atomic E-state index is 12.1. The van der Waals surface area contributed by atoms with E-state index in [-0.39, 0.29) is 12.3 Å². The Labute approximate surface area is 156 Å². The molecular weight excluding hydrogens is 354 g/mol. The van der Waals surface area contributed by atoms with Gasteiger partial charge in [-0.3, -0.25) is 4.79 Å². The van der Waals surface area contributed by atoms with Crippen LogP contribution in [0.5, 0.6) is 5.75 Å². The number of aryl methyl sites for hydroxylation is 1. The normalized spacial score (nSPS) is 10.6. The highest BCUT2D eigenvalue weighted by molar-refractivity contribution is 6.31. The Morgan fingerprint density at radius 1 is 1.23 bits per heavy atom. The van der Waals surface area contributed by atoms with Gasteiger partial charge in [0.1, 0.15) is 5.75 Å². The largest absolute Gasteiger partial charge is 0.497 e. The zero-order chi connectivity index (χ0) is 18.5. The van der Waals surface area contributed by atoms with Gasteiger partial charge in [-0.25, -0.2) is 0 Å². The summed E-state index contributed by atoms with van der Waals surface area (Å²) in [4.78, 5) is 12.1. The van der Waals surface area contributed by atoms with Crippen molar-refractivity contribution in [2.24, 2.45) is 0 Å². The van der Waals surface area contributed by atoms with E-state index in [9.17, 15) is 4.79 Å². The van der Waals surface area contributed by atoms with Gasteiger partial charge in [-0.05, 0) is 42.8 Å². The van der Waals surface area contributed by atoms with Crippen LogP contribution < -0.4 is 10.1 Å². The Morgan fingerprint density at radius 2 is 2.04 bits per heavy atom. The Kier molecular flexibility index (Phi) is 5.53. The molecule has 3 rings (SSSR count). The average Bonchev–Trinajstić information content (AvgIpc) is 3.13. The van der Waals surface area contributed by atoms with Crippen LogP contribution in [0, 0.1) is 6.92 Å². The smallest absolute Gasteiger partial charge is 0.247 e. The first-order valence-corrected chi connectivity index (χ1v) is 8.46. The number of benzene rings is 2. The quantitative estimate of drug-likeness (QED) is 0.699. The fourth-order valence-electron chi connectivity index (χ4n) is 2.40. The van der Waals surface area contributed by atoms with Gasteiger partial charge in [0, 0.05) is 29.1 Å². The summed E-state index contributed by atoms with van der Waals surface area (Å²) < 4.78 is 10.8. The number of anilines is 1.